The van der Waals surface area contributed by atoms with Crippen LogP contribution in [0.4, 0.5) is 5.82 Å². The average molecular weight is 627 g/mol. The Bertz CT molecular complexity index is 1690. The van der Waals surface area contributed by atoms with Crippen molar-refractivity contribution in [2.45, 2.75) is 65.1 Å². The number of benzene rings is 2. The summed E-state index contributed by atoms with van der Waals surface area (Å²) in [6, 6.07) is 17.7. The Morgan fingerprint density at radius 3 is 2.33 bits per heavy atom. The molecular formula is C33H38N6O5Si. The van der Waals surface area contributed by atoms with Crippen molar-refractivity contribution >= 4 is 25.6 Å². The Morgan fingerprint density at radius 1 is 1.00 bits per heavy atom. The summed E-state index contributed by atoms with van der Waals surface area (Å²) in [5, 5.41) is 23.7. The number of nitrogens with zero attached hydrogens (tertiary/aromatic N) is 6. The van der Waals surface area contributed by atoms with Crippen molar-refractivity contribution in [1.29, 1.82) is 0 Å². The van der Waals surface area contributed by atoms with Crippen molar-refractivity contribution in [3.05, 3.63) is 101 Å². The molecule has 2 aromatic carbocycles. The normalized spacial score (nSPS) is 15.3. The van der Waals surface area contributed by atoms with Gasteiger partial charge in [0.25, 0.3) is 5.91 Å². The van der Waals surface area contributed by atoms with Crippen molar-refractivity contribution < 1.29 is 24.2 Å². The van der Waals surface area contributed by atoms with E-state index in [2.05, 4.69) is 53.8 Å². The predicted molar refractivity (Wildman–Crippen MR) is 172 cm³/mol. The van der Waals surface area contributed by atoms with Crippen molar-refractivity contribution in [2.75, 3.05) is 11.5 Å². The number of aliphatic hydroxyl groups is 1. The monoisotopic (exact) mass is 626 g/mol. The second kappa shape index (κ2) is 13.1. The summed E-state index contributed by atoms with van der Waals surface area (Å²) in [6.07, 6.45) is 1.54. The molecular weight excluding hydrogens is 588 g/mol. The number of hydrogen-bond acceptors (Lipinski definition) is 9. The van der Waals surface area contributed by atoms with Crippen molar-refractivity contribution in [1.82, 2.24) is 25.0 Å². The Morgan fingerprint density at radius 2 is 1.71 bits per heavy atom. The highest BCUT2D eigenvalue weighted by Gasteiger charge is 2.45. The van der Waals surface area contributed by atoms with E-state index < -0.39 is 31.6 Å². The lowest BCUT2D eigenvalue weighted by molar-refractivity contribution is -0.117. The van der Waals surface area contributed by atoms with E-state index in [1.54, 1.807) is 66.5 Å². The fraction of sp³-hybridized carbons (Fsp3) is 0.333. The predicted octanol–water partition coefficient (Wildman–Crippen LogP) is 6.39. The zero-order valence-electron chi connectivity index (χ0n) is 26.4. The molecule has 0 bridgehead atoms. The van der Waals surface area contributed by atoms with Crippen molar-refractivity contribution in [2.24, 2.45) is 0 Å². The Labute approximate surface area is 263 Å². The van der Waals surface area contributed by atoms with Crippen LogP contribution in [0.25, 0.3) is 0 Å². The minimum Gasteiger partial charge on any atom is -0.503 e. The maximum Gasteiger partial charge on any atom is 0.341 e. The molecule has 12 heteroatoms. The molecule has 0 fully saturated rings. The molecule has 45 heavy (non-hydrogen) atoms. The van der Waals surface area contributed by atoms with Gasteiger partial charge in [-0.25, -0.2) is 4.68 Å². The minimum atomic E-state index is -1.18. The third-order valence-corrected chi connectivity index (χ3v) is 9.17. The van der Waals surface area contributed by atoms with E-state index in [-0.39, 0.29) is 30.1 Å². The zero-order chi connectivity index (χ0) is 32.3. The molecule has 1 N–H and O–H groups in total. The molecule has 1 atom stereocenters. The summed E-state index contributed by atoms with van der Waals surface area (Å²) < 4.78 is 13.1. The van der Waals surface area contributed by atoms with E-state index in [9.17, 15) is 14.7 Å². The van der Waals surface area contributed by atoms with Gasteiger partial charge in [0.1, 0.15) is 18.8 Å². The highest BCUT2D eigenvalue weighted by atomic mass is 28.3. The topological polar surface area (TPSA) is 133 Å². The van der Waals surface area contributed by atoms with Gasteiger partial charge in [-0.1, -0.05) is 69.9 Å². The van der Waals surface area contributed by atoms with Crippen molar-refractivity contribution in [3.63, 3.8) is 0 Å². The van der Waals surface area contributed by atoms with Gasteiger partial charge in [0.2, 0.25) is 0 Å². The fourth-order valence-corrected chi connectivity index (χ4v) is 5.59. The van der Waals surface area contributed by atoms with E-state index >= 15 is 0 Å². The average Bonchev–Trinajstić information content (AvgIpc) is 3.56. The van der Waals surface area contributed by atoms with Gasteiger partial charge in [-0.2, -0.15) is 10.1 Å². The number of rotatable bonds is 12. The van der Waals surface area contributed by atoms with Crippen LogP contribution in [0.5, 0.6) is 11.8 Å². The molecule has 0 spiro atoms. The SMILES string of the molecule is Cc1ccc(N2C(=O)C(O)=C(C(=O)c3ccc(C(C)C)cc3)C2c2ccc(Oc3ncn(COCC[Si](C)(C)C)n3)cc2)nn1. The second-order valence-corrected chi connectivity index (χ2v) is 18.2. The molecule has 1 amide bonds. The molecule has 0 saturated heterocycles. The van der Waals surface area contributed by atoms with E-state index in [0.717, 1.165) is 11.6 Å². The third-order valence-electron chi connectivity index (χ3n) is 7.46. The molecule has 3 heterocycles. The van der Waals surface area contributed by atoms with Crippen LogP contribution < -0.4 is 9.64 Å². The van der Waals surface area contributed by atoms with Crippen molar-refractivity contribution in [3.8, 4) is 11.8 Å². The van der Waals surface area contributed by atoms with Gasteiger partial charge in [0, 0.05) is 20.2 Å². The van der Waals surface area contributed by atoms with E-state index in [1.165, 1.54) is 4.90 Å². The van der Waals surface area contributed by atoms with Crippen LogP contribution in [0, 0.1) is 6.92 Å². The summed E-state index contributed by atoms with van der Waals surface area (Å²) in [4.78, 5) is 32.8. The van der Waals surface area contributed by atoms with E-state index in [0.29, 0.717) is 29.2 Å². The summed E-state index contributed by atoms with van der Waals surface area (Å²) in [7, 11) is -1.18. The lowest BCUT2D eigenvalue weighted by Crippen LogP contribution is -2.32. The van der Waals surface area contributed by atoms with E-state index in [1.807, 2.05) is 12.1 Å². The zero-order valence-corrected chi connectivity index (χ0v) is 27.4. The number of aliphatic hydroxyl groups excluding tert-OH is 1. The number of Topliss-reactive ketones (excluding diaryl/α,β-unsaturated/α-hetero) is 1. The lowest BCUT2D eigenvalue weighted by Gasteiger charge is -2.25. The molecule has 0 saturated carbocycles. The number of carbonyl (C=O) groups is 2. The molecule has 234 valence electrons. The molecule has 1 aliphatic rings. The molecule has 1 unspecified atom stereocenters. The maximum atomic E-state index is 13.9. The molecule has 0 radical (unpaired) electrons. The molecule has 2 aromatic heterocycles. The first-order valence-corrected chi connectivity index (χ1v) is 18.6. The molecule has 5 rings (SSSR count). The van der Waals surface area contributed by atoms with Crippen LogP contribution in [0.15, 0.2) is 78.3 Å². The molecule has 11 nitrogen and oxygen atoms in total. The molecule has 4 aromatic rings. The van der Waals surface area contributed by atoms with Gasteiger partial charge in [-0.05, 0) is 54.3 Å². The first kappa shape index (κ1) is 31.7. The number of ether oxygens (including phenoxy) is 2. The van der Waals surface area contributed by atoms with Gasteiger partial charge in [0.15, 0.2) is 17.4 Å². The summed E-state index contributed by atoms with van der Waals surface area (Å²) in [5.74, 6) is -0.860. The Kier molecular flexibility index (Phi) is 9.26. The number of aryl methyl sites for hydroxylation is 1. The van der Waals surface area contributed by atoms with Crippen LogP contribution in [-0.2, 0) is 16.3 Å². The highest BCUT2D eigenvalue weighted by Crippen LogP contribution is 2.41. The lowest BCUT2D eigenvalue weighted by atomic mass is 9.91. The van der Waals surface area contributed by atoms with E-state index in [4.69, 9.17) is 9.47 Å². The minimum absolute atomic E-state index is 0.0390. The van der Waals surface area contributed by atoms with Gasteiger partial charge < -0.3 is 14.6 Å². The quantitative estimate of drug-likeness (QED) is 0.108. The summed E-state index contributed by atoms with van der Waals surface area (Å²) >= 11 is 0. The van der Waals surface area contributed by atoms with Gasteiger partial charge in [-0.3, -0.25) is 14.5 Å². The standard InChI is InChI=1S/C33H38N6O5Si/c1-21(2)23-8-10-25(11-9-23)30(40)28-29(39(32(42)31(28)41)27-16-7-22(3)35-36-27)24-12-14-26(15-13-24)44-33-34-19-38(37-33)20-43-17-18-45(4,5)6/h7-16,19,21,29,41H,17-18,20H2,1-6H3. The smallest absolute Gasteiger partial charge is 0.341 e. The number of carbonyl (C=O) groups excluding carboxylic acids is 2. The fourth-order valence-electron chi connectivity index (χ4n) is 4.83. The van der Waals surface area contributed by atoms with Crippen LogP contribution in [0.3, 0.4) is 0 Å². The van der Waals surface area contributed by atoms with Crippen LogP contribution in [0.2, 0.25) is 25.7 Å². The maximum absolute atomic E-state index is 13.9. The summed E-state index contributed by atoms with van der Waals surface area (Å²) in [5.41, 5.74) is 2.63. The van der Waals surface area contributed by atoms with Gasteiger partial charge >= 0.3 is 6.01 Å². The Balaban J connectivity index is 1.39. The third kappa shape index (κ3) is 7.35. The van der Waals surface area contributed by atoms with Gasteiger partial charge in [-0.15, -0.1) is 10.2 Å². The number of aromatic nitrogens is 5. The van der Waals surface area contributed by atoms with Crippen LogP contribution in [-0.4, -0.2) is 56.4 Å². The van der Waals surface area contributed by atoms with Crippen LogP contribution in [0.1, 0.15) is 53.0 Å². The Hall–Kier alpha value is -4.68. The van der Waals surface area contributed by atoms with Crippen LogP contribution >= 0.6 is 0 Å². The highest BCUT2D eigenvalue weighted by molar-refractivity contribution is 6.76. The number of hydrogen-bond donors (Lipinski definition) is 1. The van der Waals surface area contributed by atoms with Gasteiger partial charge in [0.05, 0.1) is 17.3 Å². The number of amides is 1. The first-order chi connectivity index (χ1) is 21.4. The number of anilines is 1. The number of ketones is 1. The summed E-state index contributed by atoms with van der Waals surface area (Å²) in [6.45, 7) is 13.7. The largest absolute Gasteiger partial charge is 0.503 e. The second-order valence-electron chi connectivity index (χ2n) is 12.6. The first-order valence-electron chi connectivity index (χ1n) is 14.9. The molecule has 1 aliphatic heterocycles. The molecule has 0 aliphatic carbocycles.